The molecule has 0 radical (unpaired) electrons. The van der Waals surface area contributed by atoms with Crippen molar-refractivity contribution in [3.8, 4) is 23.6 Å². The lowest BCUT2D eigenvalue weighted by Gasteiger charge is -2.35. The molecule has 0 saturated carbocycles. The number of ketones is 1. The molecule has 2 aliphatic heterocycles. The van der Waals surface area contributed by atoms with Crippen molar-refractivity contribution in [2.24, 2.45) is 5.41 Å². The molecule has 0 aromatic heterocycles. The standard InChI is InChI=1S/C29H22BrN3O3/c1-35-21-11-7-19(8-12-21)28(34)27-26(20-9-13-24(36-2)22(30)15-20)29(16-31,17-32)25-14-10-18-5-3-4-6-23(18)33(25)27/h3-15,25-27H,1-2H3/t25-,26-,27-/m0/s1. The SMILES string of the molecule is COc1ccc(C(=O)[C@@H]2[C@H](c3ccc(OC)c(Br)c3)C(C#N)(C#N)[C@@H]3C=Cc4ccccc4N23)cc1. The minimum absolute atomic E-state index is 0.169. The molecule has 1 fully saturated rings. The summed E-state index contributed by atoms with van der Waals surface area (Å²) in [6.45, 7) is 0. The van der Waals surface area contributed by atoms with Crippen LogP contribution in [0, 0.1) is 28.1 Å². The Kier molecular flexibility index (Phi) is 6.04. The molecule has 6 nitrogen and oxygen atoms in total. The summed E-state index contributed by atoms with van der Waals surface area (Å²) < 4.78 is 11.3. The van der Waals surface area contributed by atoms with Gasteiger partial charge in [0.15, 0.2) is 11.2 Å². The van der Waals surface area contributed by atoms with Gasteiger partial charge < -0.3 is 14.4 Å². The fourth-order valence-corrected chi connectivity index (χ4v) is 5.97. The zero-order chi connectivity index (χ0) is 25.4. The van der Waals surface area contributed by atoms with E-state index in [-0.39, 0.29) is 5.78 Å². The topological polar surface area (TPSA) is 86.3 Å². The molecule has 0 amide bonds. The Bertz CT molecular complexity index is 1440. The number of hydrogen-bond donors (Lipinski definition) is 0. The zero-order valence-electron chi connectivity index (χ0n) is 19.7. The highest BCUT2D eigenvalue weighted by molar-refractivity contribution is 9.10. The predicted molar refractivity (Wildman–Crippen MR) is 140 cm³/mol. The number of halogens is 1. The van der Waals surface area contributed by atoms with E-state index in [1.165, 1.54) is 0 Å². The summed E-state index contributed by atoms with van der Waals surface area (Å²) >= 11 is 3.54. The maximum atomic E-state index is 14.3. The highest BCUT2D eigenvalue weighted by Crippen LogP contribution is 2.56. The molecule has 36 heavy (non-hydrogen) atoms. The second-order valence-electron chi connectivity index (χ2n) is 8.77. The minimum atomic E-state index is -1.51. The largest absolute Gasteiger partial charge is 0.497 e. The van der Waals surface area contributed by atoms with Gasteiger partial charge >= 0.3 is 0 Å². The number of benzene rings is 3. The molecule has 0 aliphatic carbocycles. The Hall–Kier alpha value is -4.07. The van der Waals surface area contributed by atoms with Gasteiger partial charge in [0.05, 0.1) is 36.9 Å². The number of nitriles is 2. The van der Waals surface area contributed by atoms with E-state index < -0.39 is 23.4 Å². The first-order chi connectivity index (χ1) is 17.5. The number of anilines is 1. The molecule has 0 unspecified atom stereocenters. The number of carbonyl (C=O) groups excluding carboxylic acids is 1. The lowest BCUT2D eigenvalue weighted by molar-refractivity contribution is 0.0951. The third-order valence-electron chi connectivity index (χ3n) is 7.09. The van der Waals surface area contributed by atoms with Crippen LogP contribution in [0.2, 0.25) is 0 Å². The van der Waals surface area contributed by atoms with Crippen molar-refractivity contribution in [1.82, 2.24) is 0 Å². The summed E-state index contributed by atoms with van der Waals surface area (Å²) in [6, 6.07) is 23.4. The Balaban J connectivity index is 1.76. The molecule has 0 spiro atoms. The smallest absolute Gasteiger partial charge is 0.185 e. The van der Waals surface area contributed by atoms with Gasteiger partial charge in [-0.2, -0.15) is 10.5 Å². The number of nitrogens with zero attached hydrogens (tertiary/aromatic N) is 3. The lowest BCUT2D eigenvalue weighted by Crippen LogP contribution is -2.44. The molecule has 3 atom stereocenters. The number of fused-ring (bicyclic) bond motifs is 3. The average molecular weight is 540 g/mol. The first kappa shape index (κ1) is 23.7. The van der Waals surface area contributed by atoms with Crippen LogP contribution in [-0.4, -0.2) is 32.1 Å². The van der Waals surface area contributed by atoms with Crippen molar-refractivity contribution in [1.29, 1.82) is 10.5 Å². The Morgan fingerprint density at radius 1 is 1.00 bits per heavy atom. The fourth-order valence-electron chi connectivity index (χ4n) is 5.41. The minimum Gasteiger partial charge on any atom is -0.497 e. The van der Waals surface area contributed by atoms with Crippen LogP contribution in [0.25, 0.3) is 6.08 Å². The highest BCUT2D eigenvalue weighted by Gasteiger charge is 2.63. The molecular weight excluding hydrogens is 518 g/mol. The van der Waals surface area contributed by atoms with Crippen LogP contribution in [0.4, 0.5) is 5.69 Å². The summed E-state index contributed by atoms with van der Waals surface area (Å²) in [4.78, 5) is 16.2. The summed E-state index contributed by atoms with van der Waals surface area (Å²) in [5.74, 6) is 0.362. The second-order valence-corrected chi connectivity index (χ2v) is 9.63. The quantitative estimate of drug-likeness (QED) is 0.383. The number of methoxy groups -OCH3 is 2. The average Bonchev–Trinajstić information content (AvgIpc) is 3.23. The lowest BCUT2D eigenvalue weighted by atomic mass is 9.69. The molecule has 3 aromatic rings. The first-order valence-corrected chi connectivity index (χ1v) is 12.2. The van der Waals surface area contributed by atoms with Crippen molar-refractivity contribution < 1.29 is 14.3 Å². The van der Waals surface area contributed by atoms with Gasteiger partial charge in [-0.1, -0.05) is 36.4 Å². The van der Waals surface area contributed by atoms with Gasteiger partial charge in [0.25, 0.3) is 0 Å². The molecule has 7 heteroatoms. The Labute approximate surface area is 218 Å². The summed E-state index contributed by atoms with van der Waals surface area (Å²) in [6.07, 6.45) is 3.81. The molecule has 2 heterocycles. The third-order valence-corrected chi connectivity index (χ3v) is 7.71. The number of para-hydroxylation sites is 1. The van der Waals surface area contributed by atoms with Gasteiger partial charge in [-0.15, -0.1) is 0 Å². The zero-order valence-corrected chi connectivity index (χ0v) is 21.3. The Morgan fingerprint density at radius 3 is 2.36 bits per heavy atom. The van der Waals surface area contributed by atoms with Gasteiger partial charge in [0.1, 0.15) is 17.5 Å². The monoisotopic (exact) mass is 539 g/mol. The van der Waals surface area contributed by atoms with E-state index in [1.54, 1.807) is 44.6 Å². The van der Waals surface area contributed by atoms with E-state index in [4.69, 9.17) is 9.47 Å². The van der Waals surface area contributed by atoms with E-state index in [0.29, 0.717) is 27.1 Å². The Morgan fingerprint density at radius 2 is 1.72 bits per heavy atom. The van der Waals surface area contributed by atoms with Crippen molar-refractivity contribution in [3.63, 3.8) is 0 Å². The normalized spacial score (nSPS) is 21.0. The van der Waals surface area contributed by atoms with Crippen LogP contribution in [0.3, 0.4) is 0 Å². The van der Waals surface area contributed by atoms with Crippen LogP contribution in [0.15, 0.2) is 77.3 Å². The predicted octanol–water partition coefficient (Wildman–Crippen LogP) is 5.75. The second kappa shape index (κ2) is 9.18. The molecule has 2 aliphatic rings. The summed E-state index contributed by atoms with van der Waals surface area (Å²) in [7, 11) is 3.14. The molecule has 0 bridgehead atoms. The fraction of sp³-hybridized carbons (Fsp3) is 0.207. The molecular formula is C29H22BrN3O3. The van der Waals surface area contributed by atoms with Gasteiger partial charge in [0, 0.05) is 17.2 Å². The maximum Gasteiger partial charge on any atom is 0.185 e. The molecule has 0 N–H and O–H groups in total. The van der Waals surface area contributed by atoms with Crippen LogP contribution >= 0.6 is 15.9 Å². The van der Waals surface area contributed by atoms with Crippen LogP contribution in [-0.2, 0) is 0 Å². The number of rotatable bonds is 5. The number of carbonyl (C=O) groups is 1. The van der Waals surface area contributed by atoms with E-state index >= 15 is 0 Å². The van der Waals surface area contributed by atoms with E-state index in [9.17, 15) is 15.3 Å². The van der Waals surface area contributed by atoms with E-state index in [0.717, 1.165) is 11.3 Å². The number of hydrogen-bond acceptors (Lipinski definition) is 6. The van der Waals surface area contributed by atoms with Gasteiger partial charge in [-0.05, 0) is 69.5 Å². The van der Waals surface area contributed by atoms with Crippen LogP contribution in [0.5, 0.6) is 11.5 Å². The molecule has 178 valence electrons. The van der Waals surface area contributed by atoms with Crippen LogP contribution < -0.4 is 14.4 Å². The van der Waals surface area contributed by atoms with Crippen molar-refractivity contribution in [3.05, 3.63) is 94.0 Å². The van der Waals surface area contributed by atoms with Crippen molar-refractivity contribution in [2.45, 2.75) is 18.0 Å². The highest BCUT2D eigenvalue weighted by atomic mass is 79.9. The van der Waals surface area contributed by atoms with E-state index in [1.807, 2.05) is 53.5 Å². The maximum absolute atomic E-state index is 14.3. The van der Waals surface area contributed by atoms with E-state index in [2.05, 4.69) is 28.1 Å². The van der Waals surface area contributed by atoms with Gasteiger partial charge in [-0.25, -0.2) is 0 Å². The molecule has 1 saturated heterocycles. The van der Waals surface area contributed by atoms with Crippen LogP contribution in [0.1, 0.15) is 27.4 Å². The molecule has 5 rings (SSSR count). The van der Waals surface area contributed by atoms with Crippen molar-refractivity contribution in [2.75, 3.05) is 19.1 Å². The molecule has 3 aromatic carbocycles. The first-order valence-electron chi connectivity index (χ1n) is 11.4. The number of Topliss-reactive ketones (excluding diaryl/α,β-unsaturated/α-hetero) is 1. The number of ether oxygens (including phenoxy) is 2. The van der Waals surface area contributed by atoms with Crippen molar-refractivity contribution >= 4 is 33.5 Å². The third kappa shape index (κ3) is 3.47. The summed E-state index contributed by atoms with van der Waals surface area (Å²) in [5, 5.41) is 21.1. The summed E-state index contributed by atoms with van der Waals surface area (Å²) in [5.41, 5.74) is 1.43. The van der Waals surface area contributed by atoms with Gasteiger partial charge in [0.2, 0.25) is 0 Å². The van der Waals surface area contributed by atoms with Gasteiger partial charge in [-0.3, -0.25) is 4.79 Å².